The number of benzene rings is 1. The third-order valence-corrected chi connectivity index (χ3v) is 5.36. The van der Waals surface area contributed by atoms with Gasteiger partial charge in [0.05, 0.1) is 5.75 Å². The molecule has 1 aliphatic heterocycles. The van der Waals surface area contributed by atoms with Gasteiger partial charge in [-0.3, -0.25) is 0 Å². The first-order valence-corrected chi connectivity index (χ1v) is 9.45. The summed E-state index contributed by atoms with van der Waals surface area (Å²) in [5.41, 5.74) is 1.38. The van der Waals surface area contributed by atoms with Crippen LogP contribution in [0, 0.1) is 0 Å². The summed E-state index contributed by atoms with van der Waals surface area (Å²) in [6.07, 6.45) is 3.51. The van der Waals surface area contributed by atoms with Crippen LogP contribution < -0.4 is 0 Å². The molecule has 0 radical (unpaired) electrons. The highest BCUT2D eigenvalue weighted by Gasteiger charge is 2.22. The van der Waals surface area contributed by atoms with Gasteiger partial charge in [0.1, 0.15) is 9.84 Å². The van der Waals surface area contributed by atoms with Crippen molar-refractivity contribution in [3.63, 3.8) is 0 Å². The summed E-state index contributed by atoms with van der Waals surface area (Å²) >= 11 is 3.61. The summed E-state index contributed by atoms with van der Waals surface area (Å²) < 4.78 is 23.5. The monoisotopic (exact) mass is 345 g/mol. The molecular formula is C14H20BrNO2S. The van der Waals surface area contributed by atoms with Crippen LogP contribution in [0.15, 0.2) is 28.7 Å². The van der Waals surface area contributed by atoms with E-state index in [0.29, 0.717) is 12.5 Å². The van der Waals surface area contributed by atoms with Crippen molar-refractivity contribution < 1.29 is 8.42 Å². The molecule has 0 atom stereocenters. The van der Waals surface area contributed by atoms with Crippen molar-refractivity contribution in [1.29, 1.82) is 0 Å². The van der Waals surface area contributed by atoms with Gasteiger partial charge in [-0.15, -0.1) is 0 Å². The molecule has 1 heterocycles. The lowest BCUT2D eigenvalue weighted by molar-refractivity contribution is 0.223. The van der Waals surface area contributed by atoms with Gasteiger partial charge >= 0.3 is 0 Å². The van der Waals surface area contributed by atoms with Crippen LogP contribution in [0.4, 0.5) is 0 Å². The first-order valence-electron chi connectivity index (χ1n) is 6.60. The van der Waals surface area contributed by atoms with Gasteiger partial charge in [-0.2, -0.15) is 0 Å². The van der Waals surface area contributed by atoms with Gasteiger partial charge in [0, 0.05) is 17.3 Å². The second-order valence-electron chi connectivity index (χ2n) is 5.27. The van der Waals surface area contributed by atoms with E-state index in [0.717, 1.165) is 25.9 Å². The van der Waals surface area contributed by atoms with Crippen molar-refractivity contribution in [2.45, 2.75) is 18.8 Å². The molecule has 2 rings (SSSR count). The van der Waals surface area contributed by atoms with Gasteiger partial charge in [0.25, 0.3) is 0 Å². The van der Waals surface area contributed by atoms with Gasteiger partial charge in [0.2, 0.25) is 0 Å². The Morgan fingerprint density at radius 3 is 2.47 bits per heavy atom. The smallest absolute Gasteiger partial charge is 0.148 e. The molecule has 0 unspecified atom stereocenters. The highest BCUT2D eigenvalue weighted by atomic mass is 79.9. The Labute approximate surface area is 124 Å². The van der Waals surface area contributed by atoms with Crippen LogP contribution in [0.25, 0.3) is 0 Å². The molecule has 0 aromatic heterocycles. The Kier molecular flexibility index (Phi) is 5.03. The van der Waals surface area contributed by atoms with Crippen molar-refractivity contribution in [3.05, 3.63) is 34.3 Å². The molecule has 0 bridgehead atoms. The van der Waals surface area contributed by atoms with Crippen LogP contribution in [0.2, 0.25) is 0 Å². The molecular weight excluding hydrogens is 326 g/mol. The summed E-state index contributed by atoms with van der Waals surface area (Å²) in [6.45, 7) is 2.64. The summed E-state index contributed by atoms with van der Waals surface area (Å²) in [5.74, 6) is 0.859. The largest absolute Gasteiger partial charge is 0.302 e. The second-order valence-corrected chi connectivity index (χ2v) is 8.38. The third-order valence-electron chi connectivity index (χ3n) is 3.71. The van der Waals surface area contributed by atoms with E-state index in [-0.39, 0.29) is 5.75 Å². The van der Waals surface area contributed by atoms with Gasteiger partial charge in [-0.1, -0.05) is 34.1 Å². The Hall–Kier alpha value is -0.390. The number of hydrogen-bond acceptors (Lipinski definition) is 3. The predicted molar refractivity (Wildman–Crippen MR) is 82.3 cm³/mol. The average molecular weight is 346 g/mol. The third kappa shape index (κ3) is 4.58. The van der Waals surface area contributed by atoms with Crippen LogP contribution in [0.1, 0.15) is 24.3 Å². The second kappa shape index (κ2) is 6.37. The molecule has 5 heteroatoms. The Morgan fingerprint density at radius 2 is 1.89 bits per heavy atom. The normalized spacial score (nSPS) is 18.6. The number of halogens is 1. The molecule has 0 aliphatic carbocycles. The molecule has 19 heavy (non-hydrogen) atoms. The van der Waals surface area contributed by atoms with Crippen LogP contribution in [0.5, 0.6) is 0 Å². The minimum Gasteiger partial charge on any atom is -0.302 e. The molecule has 1 aromatic rings. The van der Waals surface area contributed by atoms with Gasteiger partial charge in [-0.25, -0.2) is 8.42 Å². The summed E-state index contributed by atoms with van der Waals surface area (Å²) in [7, 11) is -2.85. The fourth-order valence-electron chi connectivity index (χ4n) is 2.57. The maximum Gasteiger partial charge on any atom is 0.148 e. The molecule has 0 spiro atoms. The van der Waals surface area contributed by atoms with E-state index in [1.807, 2.05) is 6.07 Å². The zero-order chi connectivity index (χ0) is 13.9. The lowest BCUT2D eigenvalue weighted by Crippen LogP contribution is -2.36. The zero-order valence-corrected chi connectivity index (χ0v) is 13.6. The number of nitrogens with zero attached hydrogens (tertiary/aromatic N) is 1. The van der Waals surface area contributed by atoms with Crippen LogP contribution in [-0.2, 0) is 9.84 Å². The zero-order valence-electron chi connectivity index (χ0n) is 11.2. The maximum absolute atomic E-state index is 11.2. The average Bonchev–Trinajstić information content (AvgIpc) is 2.37. The predicted octanol–water partition coefficient (Wildman–Crippen LogP) is 2.67. The Balaban J connectivity index is 1.88. The first-order chi connectivity index (χ1) is 8.96. The first kappa shape index (κ1) is 15.0. The molecule has 1 fully saturated rings. The van der Waals surface area contributed by atoms with Gasteiger partial charge in [-0.05, 0) is 43.5 Å². The molecule has 0 saturated carbocycles. The summed E-state index contributed by atoms with van der Waals surface area (Å²) in [4.78, 5) is 2.26. The molecule has 1 aromatic carbocycles. The fraction of sp³-hybridized carbons (Fsp3) is 0.571. The highest BCUT2D eigenvalue weighted by molar-refractivity contribution is 9.10. The SMILES string of the molecule is CS(=O)(=O)CCN1CCC(c2ccccc2Br)CC1. The highest BCUT2D eigenvalue weighted by Crippen LogP contribution is 2.32. The molecule has 106 valence electrons. The maximum atomic E-state index is 11.2. The summed E-state index contributed by atoms with van der Waals surface area (Å²) in [5, 5.41) is 0. The Morgan fingerprint density at radius 1 is 1.26 bits per heavy atom. The van der Waals surface area contributed by atoms with Gasteiger partial charge in [0.15, 0.2) is 0 Å². The fourth-order valence-corrected chi connectivity index (χ4v) is 3.77. The number of likely N-dealkylation sites (tertiary alicyclic amines) is 1. The molecule has 0 amide bonds. The Bertz CT molecular complexity index is 522. The number of rotatable bonds is 4. The minimum absolute atomic E-state index is 0.271. The molecule has 1 saturated heterocycles. The van der Waals surface area contributed by atoms with E-state index < -0.39 is 9.84 Å². The topological polar surface area (TPSA) is 37.4 Å². The van der Waals surface area contributed by atoms with Crippen molar-refractivity contribution in [3.8, 4) is 0 Å². The number of sulfone groups is 1. The quantitative estimate of drug-likeness (QED) is 0.841. The number of hydrogen-bond donors (Lipinski definition) is 0. The van der Waals surface area contributed by atoms with Crippen LogP contribution >= 0.6 is 15.9 Å². The molecule has 3 nitrogen and oxygen atoms in total. The van der Waals surface area contributed by atoms with Crippen molar-refractivity contribution in [1.82, 2.24) is 4.90 Å². The summed E-state index contributed by atoms with van der Waals surface area (Å²) in [6, 6.07) is 8.39. The van der Waals surface area contributed by atoms with E-state index in [4.69, 9.17) is 0 Å². The minimum atomic E-state index is -2.85. The van der Waals surface area contributed by atoms with Crippen molar-refractivity contribution in [2.75, 3.05) is 31.6 Å². The van der Waals surface area contributed by atoms with Crippen LogP contribution in [0.3, 0.4) is 0 Å². The standard InChI is InChI=1S/C14H20BrNO2S/c1-19(17,18)11-10-16-8-6-12(7-9-16)13-4-2-3-5-14(13)15/h2-5,12H,6-11H2,1H3. The van der Waals surface area contributed by atoms with Crippen molar-refractivity contribution >= 4 is 25.8 Å². The van der Waals surface area contributed by atoms with E-state index >= 15 is 0 Å². The van der Waals surface area contributed by atoms with E-state index in [1.165, 1.54) is 16.3 Å². The van der Waals surface area contributed by atoms with E-state index in [2.05, 4.69) is 39.0 Å². The lowest BCUT2D eigenvalue weighted by Gasteiger charge is -2.32. The molecule has 1 aliphatic rings. The number of piperidine rings is 1. The van der Waals surface area contributed by atoms with Crippen molar-refractivity contribution in [2.24, 2.45) is 0 Å². The lowest BCUT2D eigenvalue weighted by atomic mass is 9.89. The molecule has 0 N–H and O–H groups in total. The van der Waals surface area contributed by atoms with Crippen LogP contribution in [-0.4, -0.2) is 45.0 Å². The van der Waals surface area contributed by atoms with Gasteiger partial charge < -0.3 is 4.90 Å². The van der Waals surface area contributed by atoms with E-state index in [1.54, 1.807) is 0 Å². The van der Waals surface area contributed by atoms with E-state index in [9.17, 15) is 8.42 Å².